The van der Waals surface area contributed by atoms with Crippen LogP contribution in [0.5, 0.6) is 0 Å². The highest BCUT2D eigenvalue weighted by Gasteiger charge is 2.38. The molecule has 4 nitrogen and oxygen atoms in total. The maximum atomic E-state index is 12.1. The van der Waals surface area contributed by atoms with Crippen LogP contribution in [0.25, 0.3) is 11.5 Å². The first-order chi connectivity index (χ1) is 7.07. The van der Waals surface area contributed by atoms with E-state index >= 15 is 0 Å². The quantitative estimate of drug-likeness (QED) is 0.731. The molecule has 0 aromatic carbocycles. The fraction of sp³-hybridized carbons (Fsp3) is 0.125. The summed E-state index contributed by atoms with van der Waals surface area (Å²) in [5.74, 6) is -1.53. The maximum Gasteiger partial charge on any atom is 0.470 e. The highest BCUT2D eigenvalue weighted by Crippen LogP contribution is 2.29. The Morgan fingerprint density at radius 2 is 1.73 bits per heavy atom. The van der Waals surface area contributed by atoms with Crippen LogP contribution in [-0.2, 0) is 6.18 Å². The molecule has 0 bridgehead atoms. The van der Waals surface area contributed by atoms with Crippen LogP contribution in [0.4, 0.5) is 13.2 Å². The first-order valence-electron chi connectivity index (χ1n) is 3.88. The van der Waals surface area contributed by atoms with Crippen LogP contribution in [0.3, 0.4) is 0 Å². The summed E-state index contributed by atoms with van der Waals surface area (Å²) in [7, 11) is 0. The predicted octanol–water partition coefficient (Wildman–Crippen LogP) is 2.15. The van der Waals surface area contributed by atoms with E-state index < -0.39 is 12.1 Å². The van der Waals surface area contributed by atoms with Crippen molar-refractivity contribution in [3.63, 3.8) is 0 Å². The van der Waals surface area contributed by atoms with Gasteiger partial charge in [0.2, 0.25) is 5.89 Å². The Morgan fingerprint density at radius 3 is 2.27 bits per heavy atom. The van der Waals surface area contributed by atoms with E-state index in [4.69, 9.17) is 0 Å². The van der Waals surface area contributed by atoms with Crippen LogP contribution in [0, 0.1) is 0 Å². The molecule has 0 saturated carbocycles. The Kier molecular flexibility index (Phi) is 2.14. The molecule has 0 radical (unpaired) electrons. The molecule has 0 N–H and O–H groups in total. The third-order valence-electron chi connectivity index (χ3n) is 1.59. The summed E-state index contributed by atoms with van der Waals surface area (Å²) < 4.78 is 40.8. The van der Waals surface area contributed by atoms with Gasteiger partial charge < -0.3 is 4.42 Å². The van der Waals surface area contributed by atoms with Crippen molar-refractivity contribution in [2.24, 2.45) is 0 Å². The largest absolute Gasteiger partial charge is 0.470 e. The van der Waals surface area contributed by atoms with Gasteiger partial charge in [-0.25, -0.2) is 0 Å². The topological polar surface area (TPSA) is 51.8 Å². The van der Waals surface area contributed by atoms with E-state index in [1.165, 1.54) is 24.5 Å². The van der Waals surface area contributed by atoms with Crippen LogP contribution in [0.15, 0.2) is 28.9 Å². The van der Waals surface area contributed by atoms with E-state index in [0.29, 0.717) is 5.56 Å². The van der Waals surface area contributed by atoms with Crippen molar-refractivity contribution < 1.29 is 17.6 Å². The number of halogens is 3. The summed E-state index contributed by atoms with van der Waals surface area (Å²) >= 11 is 0. The minimum Gasteiger partial charge on any atom is -0.413 e. The van der Waals surface area contributed by atoms with E-state index in [0.717, 1.165) is 0 Å². The van der Waals surface area contributed by atoms with Crippen LogP contribution < -0.4 is 0 Å². The summed E-state index contributed by atoms with van der Waals surface area (Å²) in [6.07, 6.45) is -1.77. The Morgan fingerprint density at radius 1 is 1.07 bits per heavy atom. The molecule has 78 valence electrons. The van der Waals surface area contributed by atoms with Gasteiger partial charge >= 0.3 is 12.1 Å². The molecule has 0 fully saturated rings. The van der Waals surface area contributed by atoms with Gasteiger partial charge in [-0.3, -0.25) is 4.98 Å². The van der Waals surface area contributed by atoms with Gasteiger partial charge in [-0.1, -0.05) is 0 Å². The molecular weight excluding hydrogens is 211 g/mol. The zero-order valence-electron chi connectivity index (χ0n) is 7.19. The molecule has 7 heteroatoms. The number of nitrogens with zero attached hydrogens (tertiary/aromatic N) is 3. The molecule has 0 spiro atoms. The smallest absolute Gasteiger partial charge is 0.413 e. The first kappa shape index (κ1) is 9.63. The summed E-state index contributed by atoms with van der Waals surface area (Å²) in [5.41, 5.74) is 0.396. The summed E-state index contributed by atoms with van der Waals surface area (Å²) in [6, 6.07) is 2.96. The molecule has 0 saturated heterocycles. The van der Waals surface area contributed by atoms with Crippen molar-refractivity contribution in [1.29, 1.82) is 0 Å². The van der Waals surface area contributed by atoms with E-state index in [9.17, 15) is 13.2 Å². The molecule has 0 amide bonds. The van der Waals surface area contributed by atoms with Crippen molar-refractivity contribution >= 4 is 0 Å². The molecule has 0 atom stereocenters. The van der Waals surface area contributed by atoms with Gasteiger partial charge in [0, 0.05) is 18.0 Å². The lowest BCUT2D eigenvalue weighted by Crippen LogP contribution is -2.04. The molecule has 2 aromatic rings. The van der Waals surface area contributed by atoms with Crippen molar-refractivity contribution in [3.05, 3.63) is 30.4 Å². The van der Waals surface area contributed by atoms with E-state index in [-0.39, 0.29) is 5.89 Å². The van der Waals surface area contributed by atoms with Crippen LogP contribution in [-0.4, -0.2) is 15.2 Å². The van der Waals surface area contributed by atoms with Gasteiger partial charge in [-0.15, -0.1) is 10.2 Å². The lowest BCUT2D eigenvalue weighted by atomic mass is 10.3. The fourth-order valence-corrected chi connectivity index (χ4v) is 0.949. The summed E-state index contributed by atoms with van der Waals surface area (Å²) in [4.78, 5) is 3.71. The zero-order chi connectivity index (χ0) is 10.9. The average molecular weight is 215 g/mol. The van der Waals surface area contributed by atoms with Gasteiger partial charge in [0.15, 0.2) is 0 Å². The molecule has 15 heavy (non-hydrogen) atoms. The molecule has 2 heterocycles. The van der Waals surface area contributed by atoms with Gasteiger partial charge in [0.05, 0.1) is 0 Å². The third kappa shape index (κ3) is 1.95. The molecule has 0 aliphatic rings. The second kappa shape index (κ2) is 3.34. The van der Waals surface area contributed by atoms with Crippen LogP contribution in [0.1, 0.15) is 5.89 Å². The zero-order valence-corrected chi connectivity index (χ0v) is 7.19. The van der Waals surface area contributed by atoms with Crippen LogP contribution in [0.2, 0.25) is 0 Å². The predicted molar refractivity (Wildman–Crippen MR) is 42.5 cm³/mol. The van der Waals surface area contributed by atoms with Crippen molar-refractivity contribution in [2.45, 2.75) is 6.18 Å². The van der Waals surface area contributed by atoms with Crippen molar-refractivity contribution in [2.75, 3.05) is 0 Å². The minimum atomic E-state index is -4.61. The first-order valence-corrected chi connectivity index (χ1v) is 3.88. The molecule has 0 aliphatic heterocycles. The lowest BCUT2D eigenvalue weighted by molar-refractivity contribution is -0.156. The maximum absolute atomic E-state index is 12.1. The SMILES string of the molecule is FC(F)(F)c1nnc(-c2ccncc2)o1. The van der Waals surface area contributed by atoms with Crippen molar-refractivity contribution in [1.82, 2.24) is 15.2 Å². The van der Waals surface area contributed by atoms with Gasteiger partial charge in [0.1, 0.15) is 0 Å². The number of pyridine rings is 1. The van der Waals surface area contributed by atoms with Gasteiger partial charge in [-0.2, -0.15) is 13.2 Å². The number of rotatable bonds is 1. The summed E-state index contributed by atoms with van der Waals surface area (Å²) in [5, 5.41) is 6.19. The third-order valence-corrected chi connectivity index (χ3v) is 1.59. The van der Waals surface area contributed by atoms with Crippen molar-refractivity contribution in [3.8, 4) is 11.5 Å². The number of hydrogen-bond donors (Lipinski definition) is 0. The normalized spacial score (nSPS) is 11.7. The second-order valence-electron chi connectivity index (χ2n) is 2.65. The average Bonchev–Trinajstić information content (AvgIpc) is 2.67. The van der Waals surface area contributed by atoms with Crippen LogP contribution >= 0.6 is 0 Å². The Balaban J connectivity index is 2.37. The molecular formula is C8H4F3N3O. The lowest BCUT2D eigenvalue weighted by Gasteiger charge is -1.97. The highest BCUT2D eigenvalue weighted by atomic mass is 19.4. The number of hydrogen-bond acceptors (Lipinski definition) is 4. The molecule has 0 aliphatic carbocycles. The van der Waals surface area contributed by atoms with E-state index in [1.54, 1.807) is 0 Å². The Bertz CT molecular complexity index is 452. The molecule has 0 unspecified atom stereocenters. The number of aromatic nitrogens is 3. The standard InChI is InChI=1S/C8H4F3N3O/c9-8(10,11)7-14-13-6(15-7)5-1-3-12-4-2-5/h1-4H. The second-order valence-corrected chi connectivity index (χ2v) is 2.65. The number of alkyl halides is 3. The monoisotopic (exact) mass is 215 g/mol. The Labute approximate surface area is 81.8 Å². The van der Waals surface area contributed by atoms with Gasteiger partial charge in [-0.05, 0) is 12.1 Å². The molecule has 2 rings (SSSR count). The molecule has 2 aromatic heterocycles. The minimum absolute atomic E-state index is 0.176. The summed E-state index contributed by atoms with van der Waals surface area (Å²) in [6.45, 7) is 0. The van der Waals surface area contributed by atoms with Gasteiger partial charge in [0.25, 0.3) is 0 Å². The van der Waals surface area contributed by atoms with E-state index in [2.05, 4.69) is 19.6 Å². The fourth-order valence-electron chi connectivity index (χ4n) is 0.949. The van der Waals surface area contributed by atoms with E-state index in [1.807, 2.05) is 0 Å². The Hall–Kier alpha value is -1.92. The highest BCUT2D eigenvalue weighted by molar-refractivity contribution is 5.50.